The van der Waals surface area contributed by atoms with Gasteiger partial charge in [0.2, 0.25) is 0 Å². The van der Waals surface area contributed by atoms with E-state index in [0.717, 1.165) is 57.2 Å². The molecular formula is C19H35N5OS. The summed E-state index contributed by atoms with van der Waals surface area (Å²) < 4.78 is 7.71. The van der Waals surface area contributed by atoms with E-state index in [-0.39, 0.29) is 10.8 Å². The first-order valence-electron chi connectivity index (χ1n) is 9.57. The van der Waals surface area contributed by atoms with Crippen LogP contribution in [-0.2, 0) is 18.2 Å². The van der Waals surface area contributed by atoms with Gasteiger partial charge in [-0.15, -0.1) is 0 Å². The molecule has 0 amide bonds. The standard InChI is InChI=1S/C19H35N5OS/c1-7-20-18(21-13-19(26-6)8-10-25-11-9-19)22-14(2)12-17-15(3)23-24(5)16(17)4/h14H,7-13H2,1-6H3,(H2,20,21,22). The third-order valence-corrected chi connectivity index (χ3v) is 6.66. The molecular weight excluding hydrogens is 346 g/mol. The van der Waals surface area contributed by atoms with Crippen LogP contribution in [0.1, 0.15) is 43.6 Å². The molecule has 1 aliphatic rings. The minimum Gasteiger partial charge on any atom is -0.381 e. The number of hydrogen-bond acceptors (Lipinski definition) is 4. The Kier molecular flexibility index (Phi) is 7.83. The highest BCUT2D eigenvalue weighted by molar-refractivity contribution is 8.00. The highest BCUT2D eigenvalue weighted by Crippen LogP contribution is 2.33. The maximum Gasteiger partial charge on any atom is 0.191 e. The Morgan fingerprint density at radius 3 is 2.62 bits per heavy atom. The van der Waals surface area contributed by atoms with Crippen LogP contribution in [0.4, 0.5) is 0 Å². The average Bonchev–Trinajstić information content (AvgIpc) is 2.87. The molecule has 0 spiro atoms. The van der Waals surface area contributed by atoms with E-state index in [0.29, 0.717) is 0 Å². The molecule has 1 unspecified atom stereocenters. The van der Waals surface area contributed by atoms with Crippen LogP contribution in [-0.4, -0.2) is 59.1 Å². The van der Waals surface area contributed by atoms with Gasteiger partial charge in [-0.25, -0.2) is 0 Å². The summed E-state index contributed by atoms with van der Waals surface area (Å²) in [4.78, 5) is 4.91. The van der Waals surface area contributed by atoms with Crippen LogP contribution in [0.15, 0.2) is 4.99 Å². The van der Waals surface area contributed by atoms with Crippen LogP contribution in [0, 0.1) is 13.8 Å². The zero-order valence-electron chi connectivity index (χ0n) is 17.2. The van der Waals surface area contributed by atoms with Crippen molar-refractivity contribution in [2.75, 3.05) is 32.6 Å². The number of guanidine groups is 1. The fourth-order valence-corrected chi connectivity index (χ4v) is 4.19. The first-order valence-corrected chi connectivity index (χ1v) is 10.8. The van der Waals surface area contributed by atoms with Crippen molar-refractivity contribution in [3.63, 3.8) is 0 Å². The Labute approximate surface area is 162 Å². The predicted molar refractivity (Wildman–Crippen MR) is 111 cm³/mol. The minimum atomic E-state index is 0.209. The Morgan fingerprint density at radius 2 is 2.08 bits per heavy atom. The molecule has 2 heterocycles. The molecule has 1 fully saturated rings. The number of nitrogens with zero attached hydrogens (tertiary/aromatic N) is 3. The summed E-state index contributed by atoms with van der Waals surface area (Å²) in [6, 6.07) is 0.286. The third-order valence-electron chi connectivity index (χ3n) is 5.26. The van der Waals surface area contributed by atoms with E-state index in [1.807, 2.05) is 23.5 Å². The first-order chi connectivity index (χ1) is 12.4. The lowest BCUT2D eigenvalue weighted by atomic mass is 9.99. The van der Waals surface area contributed by atoms with Crippen LogP contribution < -0.4 is 10.6 Å². The fraction of sp³-hybridized carbons (Fsp3) is 0.789. The molecule has 1 aromatic heterocycles. The lowest BCUT2D eigenvalue weighted by molar-refractivity contribution is 0.0794. The Hall–Kier alpha value is -1.21. The number of hydrogen-bond donors (Lipinski definition) is 2. The summed E-state index contributed by atoms with van der Waals surface area (Å²) in [5, 5.41) is 11.5. The topological polar surface area (TPSA) is 63.5 Å². The molecule has 0 aliphatic carbocycles. The fourth-order valence-electron chi connectivity index (χ4n) is 3.42. The third kappa shape index (κ3) is 5.39. The highest BCUT2D eigenvalue weighted by atomic mass is 32.2. The van der Waals surface area contributed by atoms with Gasteiger partial charge in [0, 0.05) is 43.3 Å². The van der Waals surface area contributed by atoms with Gasteiger partial charge in [0.15, 0.2) is 5.96 Å². The predicted octanol–water partition coefficient (Wildman–Crippen LogP) is 2.44. The lowest BCUT2D eigenvalue weighted by Gasteiger charge is -2.34. The van der Waals surface area contributed by atoms with Crippen molar-refractivity contribution in [1.82, 2.24) is 20.4 Å². The molecule has 148 valence electrons. The number of aromatic nitrogens is 2. The first kappa shape index (κ1) is 21.1. The number of aliphatic imine (C=N–C) groups is 1. The molecule has 1 aromatic rings. The smallest absolute Gasteiger partial charge is 0.191 e. The van der Waals surface area contributed by atoms with E-state index in [1.54, 1.807) is 0 Å². The second-order valence-electron chi connectivity index (χ2n) is 7.22. The maximum atomic E-state index is 5.54. The largest absolute Gasteiger partial charge is 0.381 e. The van der Waals surface area contributed by atoms with Gasteiger partial charge in [0.05, 0.1) is 12.2 Å². The van der Waals surface area contributed by atoms with Crippen LogP contribution in [0.25, 0.3) is 0 Å². The number of aryl methyl sites for hydroxylation is 2. The summed E-state index contributed by atoms with van der Waals surface area (Å²) in [5.41, 5.74) is 3.68. The molecule has 26 heavy (non-hydrogen) atoms. The highest BCUT2D eigenvalue weighted by Gasteiger charge is 2.31. The van der Waals surface area contributed by atoms with Crippen LogP contribution in [0.5, 0.6) is 0 Å². The molecule has 0 saturated carbocycles. The van der Waals surface area contributed by atoms with E-state index >= 15 is 0 Å². The maximum absolute atomic E-state index is 5.54. The summed E-state index contributed by atoms with van der Waals surface area (Å²) in [6.45, 7) is 11.9. The van der Waals surface area contributed by atoms with Crippen molar-refractivity contribution in [1.29, 1.82) is 0 Å². The normalized spacial score (nSPS) is 18.6. The number of thioether (sulfide) groups is 1. The number of nitrogens with one attached hydrogen (secondary N) is 2. The van der Waals surface area contributed by atoms with Crippen molar-refractivity contribution in [3.8, 4) is 0 Å². The summed E-state index contributed by atoms with van der Waals surface area (Å²) in [7, 11) is 2.01. The molecule has 0 bridgehead atoms. The Balaban J connectivity index is 2.01. The SMILES string of the molecule is CCNC(=NCC1(SC)CCOCC1)NC(C)Cc1c(C)nn(C)c1C. The molecule has 2 rings (SSSR count). The molecule has 1 atom stereocenters. The van der Waals surface area contributed by atoms with Crippen molar-refractivity contribution >= 4 is 17.7 Å². The molecule has 6 nitrogen and oxygen atoms in total. The molecule has 1 aliphatic heterocycles. The van der Waals surface area contributed by atoms with Gasteiger partial charge in [-0.2, -0.15) is 16.9 Å². The number of rotatable bonds is 7. The van der Waals surface area contributed by atoms with E-state index in [4.69, 9.17) is 9.73 Å². The van der Waals surface area contributed by atoms with Crippen molar-refractivity contribution in [2.24, 2.45) is 12.0 Å². The zero-order valence-corrected chi connectivity index (χ0v) is 18.0. The van der Waals surface area contributed by atoms with Gasteiger partial charge in [-0.3, -0.25) is 9.67 Å². The van der Waals surface area contributed by atoms with Crippen LogP contribution in [0.3, 0.4) is 0 Å². The summed E-state index contributed by atoms with van der Waals surface area (Å²) >= 11 is 1.93. The quantitative estimate of drug-likeness (QED) is 0.561. The van der Waals surface area contributed by atoms with Crippen LogP contribution >= 0.6 is 11.8 Å². The second kappa shape index (κ2) is 9.65. The molecule has 7 heteroatoms. The van der Waals surface area contributed by atoms with Gasteiger partial charge < -0.3 is 15.4 Å². The van der Waals surface area contributed by atoms with Crippen molar-refractivity contribution in [2.45, 2.75) is 57.7 Å². The monoisotopic (exact) mass is 381 g/mol. The van der Waals surface area contributed by atoms with E-state index in [2.05, 4.69) is 49.7 Å². The molecule has 0 radical (unpaired) electrons. The van der Waals surface area contributed by atoms with E-state index in [1.165, 1.54) is 11.3 Å². The van der Waals surface area contributed by atoms with Gasteiger partial charge >= 0.3 is 0 Å². The molecule has 0 aromatic carbocycles. The second-order valence-corrected chi connectivity index (χ2v) is 8.49. The van der Waals surface area contributed by atoms with Crippen molar-refractivity contribution in [3.05, 3.63) is 17.0 Å². The molecule has 2 N–H and O–H groups in total. The van der Waals surface area contributed by atoms with Gasteiger partial charge in [-0.1, -0.05) is 0 Å². The average molecular weight is 382 g/mol. The molecule has 1 saturated heterocycles. The zero-order chi connectivity index (χ0) is 19.2. The number of ether oxygens (including phenoxy) is 1. The Morgan fingerprint density at radius 1 is 1.38 bits per heavy atom. The summed E-state index contributed by atoms with van der Waals surface area (Å²) in [5.74, 6) is 0.902. The van der Waals surface area contributed by atoms with Crippen molar-refractivity contribution < 1.29 is 4.74 Å². The van der Waals surface area contributed by atoms with Gasteiger partial charge in [0.1, 0.15) is 0 Å². The minimum absolute atomic E-state index is 0.209. The van der Waals surface area contributed by atoms with Crippen LogP contribution in [0.2, 0.25) is 0 Å². The van der Waals surface area contributed by atoms with E-state index in [9.17, 15) is 0 Å². The summed E-state index contributed by atoms with van der Waals surface area (Å²) in [6.07, 6.45) is 5.27. The Bertz CT molecular complexity index is 607. The lowest BCUT2D eigenvalue weighted by Crippen LogP contribution is -2.44. The van der Waals surface area contributed by atoms with E-state index < -0.39 is 0 Å². The van der Waals surface area contributed by atoms with Gasteiger partial charge in [-0.05, 0) is 58.8 Å². The van der Waals surface area contributed by atoms with Gasteiger partial charge in [0.25, 0.3) is 0 Å².